The quantitative estimate of drug-likeness (QED) is 0.839. The first-order chi connectivity index (χ1) is 11.9. The average molecular weight is 347 g/mol. The number of amides is 1. The van der Waals surface area contributed by atoms with Crippen LogP contribution in [0.15, 0.2) is 18.2 Å². The minimum absolute atomic E-state index is 0.0298. The van der Waals surface area contributed by atoms with Crippen molar-refractivity contribution >= 4 is 5.91 Å². The summed E-state index contributed by atoms with van der Waals surface area (Å²) in [6, 6.07) is 6.22. The summed E-state index contributed by atoms with van der Waals surface area (Å²) in [7, 11) is 0. The van der Waals surface area contributed by atoms with E-state index in [1.54, 1.807) is 0 Å². The number of aryl methyl sites for hydroxylation is 1. The lowest BCUT2D eigenvalue weighted by Gasteiger charge is -2.38. The third-order valence-electron chi connectivity index (χ3n) is 5.18. The summed E-state index contributed by atoms with van der Waals surface area (Å²) >= 11 is 0. The molecule has 0 aromatic heterocycles. The van der Waals surface area contributed by atoms with Crippen molar-refractivity contribution in [3.63, 3.8) is 0 Å². The smallest absolute Gasteiger partial charge is 0.263 e. The highest BCUT2D eigenvalue weighted by Crippen LogP contribution is 2.32. The van der Waals surface area contributed by atoms with Gasteiger partial charge in [0.15, 0.2) is 11.9 Å². The van der Waals surface area contributed by atoms with Crippen molar-refractivity contribution in [3.05, 3.63) is 29.3 Å². The highest BCUT2D eigenvalue weighted by Gasteiger charge is 2.41. The first-order valence-electron chi connectivity index (χ1n) is 9.24. The summed E-state index contributed by atoms with van der Waals surface area (Å²) in [5, 5.41) is 0. The summed E-state index contributed by atoms with van der Waals surface area (Å²) in [6.45, 7) is 10.7. The summed E-state index contributed by atoms with van der Waals surface area (Å²) in [5.74, 6) is 0.798. The van der Waals surface area contributed by atoms with Crippen LogP contribution in [0.1, 0.15) is 50.7 Å². The molecule has 5 heteroatoms. The second kappa shape index (κ2) is 7.34. The molecule has 2 aliphatic heterocycles. The predicted molar refractivity (Wildman–Crippen MR) is 95.8 cm³/mol. The number of rotatable bonds is 4. The molecule has 0 bridgehead atoms. The monoisotopic (exact) mass is 347 g/mol. The van der Waals surface area contributed by atoms with E-state index in [4.69, 9.17) is 14.2 Å². The Kier molecular flexibility index (Phi) is 5.35. The first kappa shape index (κ1) is 18.2. The zero-order valence-corrected chi connectivity index (χ0v) is 15.7. The highest BCUT2D eigenvalue weighted by molar-refractivity contribution is 5.81. The van der Waals surface area contributed by atoms with E-state index in [1.165, 1.54) is 5.56 Å². The lowest BCUT2D eigenvalue weighted by Crippen LogP contribution is -2.50. The van der Waals surface area contributed by atoms with Gasteiger partial charge in [0.05, 0.1) is 13.2 Å². The van der Waals surface area contributed by atoms with Crippen LogP contribution in [-0.2, 0) is 14.3 Å². The van der Waals surface area contributed by atoms with E-state index in [1.807, 2.05) is 18.7 Å². The second-order valence-corrected chi connectivity index (χ2v) is 7.37. The number of hydrogen-bond acceptors (Lipinski definition) is 4. The van der Waals surface area contributed by atoms with Crippen molar-refractivity contribution < 1.29 is 19.0 Å². The summed E-state index contributed by atoms with van der Waals surface area (Å²) in [5.41, 5.74) is 2.27. The number of likely N-dealkylation sites (tertiary alicyclic amines) is 1. The van der Waals surface area contributed by atoms with Crippen molar-refractivity contribution in [1.29, 1.82) is 0 Å². The fourth-order valence-electron chi connectivity index (χ4n) is 3.45. The molecule has 2 aliphatic rings. The van der Waals surface area contributed by atoms with Crippen LogP contribution >= 0.6 is 0 Å². The Hall–Kier alpha value is -1.59. The summed E-state index contributed by atoms with van der Waals surface area (Å²) in [6.07, 6.45) is 0.960. The van der Waals surface area contributed by atoms with Crippen molar-refractivity contribution in [2.24, 2.45) is 0 Å². The maximum absolute atomic E-state index is 12.8. The van der Waals surface area contributed by atoms with Gasteiger partial charge in [0.1, 0.15) is 5.75 Å². The fourth-order valence-corrected chi connectivity index (χ4v) is 3.45. The molecule has 2 heterocycles. The Morgan fingerprint density at radius 3 is 2.40 bits per heavy atom. The molecule has 1 spiro atoms. The zero-order valence-electron chi connectivity index (χ0n) is 15.7. The molecule has 1 unspecified atom stereocenters. The lowest BCUT2D eigenvalue weighted by molar-refractivity contribution is -0.188. The Morgan fingerprint density at radius 1 is 1.16 bits per heavy atom. The summed E-state index contributed by atoms with van der Waals surface area (Å²) < 4.78 is 17.5. The molecule has 0 N–H and O–H groups in total. The van der Waals surface area contributed by atoms with Crippen molar-refractivity contribution in [1.82, 2.24) is 4.90 Å². The Labute approximate surface area is 150 Å². The van der Waals surface area contributed by atoms with E-state index in [0.717, 1.165) is 24.2 Å². The van der Waals surface area contributed by atoms with Crippen LogP contribution in [0.3, 0.4) is 0 Å². The molecule has 1 amide bonds. The normalized spacial score (nSPS) is 20.9. The van der Waals surface area contributed by atoms with Gasteiger partial charge in [0.25, 0.3) is 5.91 Å². The molecule has 1 aromatic rings. The van der Waals surface area contributed by atoms with Crippen LogP contribution in [0.25, 0.3) is 0 Å². The van der Waals surface area contributed by atoms with Gasteiger partial charge in [-0.1, -0.05) is 26.0 Å². The fraction of sp³-hybridized carbons (Fsp3) is 0.650. The molecule has 2 saturated heterocycles. The molecular formula is C20H29NO4. The Balaban J connectivity index is 1.61. The number of carbonyl (C=O) groups is 1. The van der Waals surface area contributed by atoms with Gasteiger partial charge in [-0.05, 0) is 37.0 Å². The highest BCUT2D eigenvalue weighted by atomic mass is 16.7. The molecule has 0 radical (unpaired) electrons. The van der Waals surface area contributed by atoms with E-state index in [-0.39, 0.29) is 5.91 Å². The van der Waals surface area contributed by atoms with E-state index in [2.05, 4.69) is 32.0 Å². The first-order valence-corrected chi connectivity index (χ1v) is 9.24. The van der Waals surface area contributed by atoms with Crippen LogP contribution < -0.4 is 4.74 Å². The van der Waals surface area contributed by atoms with Gasteiger partial charge >= 0.3 is 0 Å². The second-order valence-electron chi connectivity index (χ2n) is 7.37. The SMILES string of the molecule is Cc1ccc(C(C)C)cc1OC(C)C(=O)N1CCC2(CC1)OCCO2. The van der Waals surface area contributed by atoms with E-state index in [9.17, 15) is 4.79 Å². The third-order valence-corrected chi connectivity index (χ3v) is 5.18. The molecular weight excluding hydrogens is 318 g/mol. The van der Waals surface area contributed by atoms with Gasteiger partial charge in [-0.15, -0.1) is 0 Å². The van der Waals surface area contributed by atoms with Crippen LogP contribution in [0, 0.1) is 6.92 Å². The van der Waals surface area contributed by atoms with Crippen LogP contribution in [-0.4, -0.2) is 49.0 Å². The number of hydrogen-bond donors (Lipinski definition) is 0. The maximum atomic E-state index is 12.8. The average Bonchev–Trinajstić information content (AvgIpc) is 3.04. The molecule has 2 fully saturated rings. The molecule has 138 valence electrons. The minimum Gasteiger partial charge on any atom is -0.481 e. The molecule has 5 nitrogen and oxygen atoms in total. The largest absolute Gasteiger partial charge is 0.481 e. The van der Waals surface area contributed by atoms with Crippen molar-refractivity contribution in [3.8, 4) is 5.75 Å². The van der Waals surface area contributed by atoms with Gasteiger partial charge in [0.2, 0.25) is 0 Å². The predicted octanol–water partition coefficient (Wildman–Crippen LogP) is 3.25. The molecule has 1 atom stereocenters. The topological polar surface area (TPSA) is 48.0 Å². The minimum atomic E-state index is -0.499. The zero-order chi connectivity index (χ0) is 18.0. The standard InChI is InChI=1S/C20H29NO4/c1-14(2)17-6-5-15(3)18(13-17)25-16(4)19(22)21-9-7-20(8-10-21)23-11-12-24-20/h5-6,13-14,16H,7-12H2,1-4H3. The van der Waals surface area contributed by atoms with E-state index < -0.39 is 11.9 Å². The van der Waals surface area contributed by atoms with Gasteiger partial charge in [-0.2, -0.15) is 0 Å². The number of benzene rings is 1. The molecule has 1 aromatic carbocycles. The van der Waals surface area contributed by atoms with Crippen LogP contribution in [0.2, 0.25) is 0 Å². The maximum Gasteiger partial charge on any atom is 0.263 e. The molecule has 25 heavy (non-hydrogen) atoms. The van der Waals surface area contributed by atoms with Crippen LogP contribution in [0.5, 0.6) is 5.75 Å². The number of ether oxygens (including phenoxy) is 3. The van der Waals surface area contributed by atoms with Gasteiger partial charge in [-0.3, -0.25) is 4.79 Å². The molecule has 0 aliphatic carbocycles. The summed E-state index contributed by atoms with van der Waals surface area (Å²) in [4.78, 5) is 14.6. The number of nitrogens with zero attached hydrogens (tertiary/aromatic N) is 1. The lowest BCUT2D eigenvalue weighted by atomic mass is 10.0. The van der Waals surface area contributed by atoms with Crippen LogP contribution in [0.4, 0.5) is 0 Å². The Morgan fingerprint density at radius 2 is 1.80 bits per heavy atom. The molecule has 3 rings (SSSR count). The van der Waals surface area contributed by atoms with E-state index in [0.29, 0.717) is 32.2 Å². The Bertz CT molecular complexity index is 612. The number of carbonyl (C=O) groups excluding carboxylic acids is 1. The van der Waals surface area contributed by atoms with E-state index >= 15 is 0 Å². The van der Waals surface area contributed by atoms with Crippen molar-refractivity contribution in [2.45, 2.75) is 58.3 Å². The van der Waals surface area contributed by atoms with Gasteiger partial charge in [-0.25, -0.2) is 0 Å². The van der Waals surface area contributed by atoms with Gasteiger partial charge in [0, 0.05) is 25.9 Å². The number of piperidine rings is 1. The van der Waals surface area contributed by atoms with Crippen molar-refractivity contribution in [2.75, 3.05) is 26.3 Å². The molecule has 0 saturated carbocycles. The van der Waals surface area contributed by atoms with Gasteiger partial charge < -0.3 is 19.1 Å². The third kappa shape index (κ3) is 3.98.